The van der Waals surface area contributed by atoms with Crippen molar-refractivity contribution in [2.45, 2.75) is 26.2 Å². The molecular formula is C17H21FN4O. The van der Waals surface area contributed by atoms with Crippen molar-refractivity contribution in [3.63, 3.8) is 0 Å². The zero-order chi connectivity index (χ0) is 16.5. The van der Waals surface area contributed by atoms with Gasteiger partial charge in [-0.15, -0.1) is 0 Å². The Balaban J connectivity index is 1.80. The van der Waals surface area contributed by atoms with Crippen LogP contribution in [0.5, 0.6) is 0 Å². The maximum Gasteiger partial charge on any atom is 0.271 e. The fourth-order valence-electron chi connectivity index (χ4n) is 2.03. The van der Waals surface area contributed by atoms with E-state index in [2.05, 4.69) is 27.5 Å². The van der Waals surface area contributed by atoms with Crippen molar-refractivity contribution in [1.29, 1.82) is 0 Å². The van der Waals surface area contributed by atoms with Crippen LogP contribution in [0, 0.1) is 5.82 Å². The lowest BCUT2D eigenvalue weighted by atomic mass is 10.1. The molecule has 0 saturated heterocycles. The highest BCUT2D eigenvalue weighted by atomic mass is 19.1. The summed E-state index contributed by atoms with van der Waals surface area (Å²) in [6, 6.07) is 6.53. The van der Waals surface area contributed by atoms with Crippen LogP contribution in [0.4, 0.5) is 10.2 Å². The summed E-state index contributed by atoms with van der Waals surface area (Å²) >= 11 is 0. The first-order valence-electron chi connectivity index (χ1n) is 7.78. The Morgan fingerprint density at radius 2 is 2.00 bits per heavy atom. The second-order valence-corrected chi connectivity index (χ2v) is 5.16. The van der Waals surface area contributed by atoms with Crippen molar-refractivity contribution in [1.82, 2.24) is 15.3 Å². The fraction of sp³-hybridized carbons (Fsp3) is 0.353. The molecule has 5 nitrogen and oxygen atoms in total. The summed E-state index contributed by atoms with van der Waals surface area (Å²) in [6.07, 6.45) is 5.57. The number of rotatable bonds is 8. The molecule has 0 bridgehead atoms. The van der Waals surface area contributed by atoms with Gasteiger partial charge in [0.25, 0.3) is 5.91 Å². The first-order chi connectivity index (χ1) is 11.2. The number of nitrogens with zero attached hydrogens (tertiary/aromatic N) is 2. The van der Waals surface area contributed by atoms with E-state index in [-0.39, 0.29) is 17.4 Å². The van der Waals surface area contributed by atoms with Gasteiger partial charge in [0.05, 0.1) is 12.4 Å². The molecule has 122 valence electrons. The maximum atomic E-state index is 13.5. The Hall–Kier alpha value is -2.50. The van der Waals surface area contributed by atoms with E-state index in [1.807, 2.05) is 0 Å². The SMILES string of the molecule is CCCCNc1cnc(C(=O)NCCc2ccccc2F)cn1. The standard InChI is InChI=1S/C17H21FN4O/c1-2-3-9-19-16-12-21-15(11-22-16)17(23)20-10-8-13-6-4-5-7-14(13)18/h4-7,11-12H,2-3,8-10H2,1H3,(H,19,22)(H,20,23). The van der Waals surface area contributed by atoms with E-state index in [0.717, 1.165) is 19.4 Å². The van der Waals surface area contributed by atoms with Gasteiger partial charge in [0.2, 0.25) is 0 Å². The van der Waals surface area contributed by atoms with Crippen molar-refractivity contribution < 1.29 is 9.18 Å². The van der Waals surface area contributed by atoms with Gasteiger partial charge >= 0.3 is 0 Å². The summed E-state index contributed by atoms with van der Waals surface area (Å²) in [5.41, 5.74) is 0.828. The van der Waals surface area contributed by atoms with E-state index in [1.54, 1.807) is 24.4 Å². The molecule has 0 aliphatic rings. The van der Waals surface area contributed by atoms with Gasteiger partial charge in [0.15, 0.2) is 0 Å². The molecule has 2 rings (SSSR count). The molecule has 23 heavy (non-hydrogen) atoms. The molecule has 0 unspecified atom stereocenters. The fourth-order valence-corrected chi connectivity index (χ4v) is 2.03. The highest BCUT2D eigenvalue weighted by Crippen LogP contribution is 2.06. The average Bonchev–Trinajstić information content (AvgIpc) is 2.57. The second kappa shape index (κ2) is 8.82. The molecule has 6 heteroatoms. The quantitative estimate of drug-likeness (QED) is 0.735. The van der Waals surface area contributed by atoms with Crippen LogP contribution in [-0.2, 0) is 6.42 Å². The Labute approximate surface area is 135 Å². The number of halogens is 1. The monoisotopic (exact) mass is 316 g/mol. The second-order valence-electron chi connectivity index (χ2n) is 5.16. The van der Waals surface area contributed by atoms with Gasteiger partial charge in [0.1, 0.15) is 17.3 Å². The number of carbonyl (C=O) groups excluding carboxylic acids is 1. The number of anilines is 1. The molecule has 0 aliphatic carbocycles. The van der Waals surface area contributed by atoms with Crippen LogP contribution in [-0.4, -0.2) is 29.0 Å². The van der Waals surface area contributed by atoms with E-state index in [9.17, 15) is 9.18 Å². The van der Waals surface area contributed by atoms with Crippen LogP contribution in [0.2, 0.25) is 0 Å². The van der Waals surface area contributed by atoms with Gasteiger partial charge in [-0.25, -0.2) is 14.4 Å². The number of hydrogen-bond donors (Lipinski definition) is 2. The number of carbonyl (C=O) groups is 1. The molecule has 0 radical (unpaired) electrons. The van der Waals surface area contributed by atoms with Crippen molar-refractivity contribution in [2.75, 3.05) is 18.4 Å². The summed E-state index contributed by atoms with van der Waals surface area (Å²) in [5.74, 6) is 0.0827. The van der Waals surface area contributed by atoms with Gasteiger partial charge in [-0.05, 0) is 24.5 Å². The third-order valence-corrected chi connectivity index (χ3v) is 3.36. The Kier molecular flexibility index (Phi) is 6.47. The maximum absolute atomic E-state index is 13.5. The van der Waals surface area contributed by atoms with Gasteiger partial charge in [0, 0.05) is 13.1 Å². The number of unbranched alkanes of at least 4 members (excludes halogenated alkanes) is 1. The molecule has 0 aliphatic heterocycles. The lowest BCUT2D eigenvalue weighted by molar-refractivity contribution is 0.0948. The van der Waals surface area contributed by atoms with Crippen LogP contribution in [0.1, 0.15) is 35.8 Å². The molecular weight excluding hydrogens is 295 g/mol. The molecule has 2 N–H and O–H groups in total. The zero-order valence-corrected chi connectivity index (χ0v) is 13.2. The van der Waals surface area contributed by atoms with Crippen LogP contribution in [0.25, 0.3) is 0 Å². The van der Waals surface area contributed by atoms with Crippen LogP contribution >= 0.6 is 0 Å². The molecule has 0 atom stereocenters. The predicted molar refractivity (Wildman–Crippen MR) is 87.9 cm³/mol. The largest absolute Gasteiger partial charge is 0.369 e. The summed E-state index contributed by atoms with van der Waals surface area (Å²) in [7, 11) is 0. The van der Waals surface area contributed by atoms with E-state index < -0.39 is 0 Å². The number of nitrogens with one attached hydrogen (secondary N) is 2. The van der Waals surface area contributed by atoms with E-state index in [4.69, 9.17) is 0 Å². The normalized spacial score (nSPS) is 10.3. The highest BCUT2D eigenvalue weighted by Gasteiger charge is 2.08. The summed E-state index contributed by atoms with van der Waals surface area (Å²) in [6.45, 7) is 3.29. The van der Waals surface area contributed by atoms with Crippen LogP contribution in [0.15, 0.2) is 36.7 Å². The third kappa shape index (κ3) is 5.32. The first kappa shape index (κ1) is 16.9. The molecule has 1 amide bonds. The molecule has 2 aromatic rings. The van der Waals surface area contributed by atoms with Gasteiger partial charge in [-0.1, -0.05) is 31.5 Å². The van der Waals surface area contributed by atoms with Crippen LogP contribution < -0.4 is 10.6 Å². The Bertz CT molecular complexity index is 631. The smallest absolute Gasteiger partial charge is 0.271 e. The zero-order valence-electron chi connectivity index (χ0n) is 13.2. The topological polar surface area (TPSA) is 66.9 Å². The summed E-state index contributed by atoms with van der Waals surface area (Å²) in [5, 5.41) is 5.85. The minimum atomic E-state index is -0.311. The third-order valence-electron chi connectivity index (χ3n) is 3.36. The highest BCUT2D eigenvalue weighted by molar-refractivity contribution is 5.91. The Morgan fingerprint density at radius 3 is 2.70 bits per heavy atom. The summed E-state index contributed by atoms with van der Waals surface area (Å²) < 4.78 is 13.5. The molecule has 0 fully saturated rings. The molecule has 0 saturated carbocycles. The van der Waals surface area contributed by atoms with E-state index in [1.165, 1.54) is 12.3 Å². The Morgan fingerprint density at radius 1 is 1.17 bits per heavy atom. The number of benzene rings is 1. The van der Waals surface area contributed by atoms with E-state index >= 15 is 0 Å². The lowest BCUT2D eigenvalue weighted by Gasteiger charge is -2.07. The first-order valence-corrected chi connectivity index (χ1v) is 7.78. The van der Waals surface area contributed by atoms with Gasteiger partial charge in [-0.2, -0.15) is 0 Å². The average molecular weight is 316 g/mol. The van der Waals surface area contributed by atoms with Gasteiger partial charge in [-0.3, -0.25) is 4.79 Å². The van der Waals surface area contributed by atoms with E-state index in [0.29, 0.717) is 24.3 Å². The molecule has 1 aromatic heterocycles. The minimum Gasteiger partial charge on any atom is -0.369 e. The van der Waals surface area contributed by atoms with Crippen LogP contribution in [0.3, 0.4) is 0 Å². The number of amides is 1. The minimum absolute atomic E-state index is 0.250. The van der Waals surface area contributed by atoms with Crippen molar-refractivity contribution >= 4 is 11.7 Å². The van der Waals surface area contributed by atoms with Crippen molar-refractivity contribution in [3.05, 3.63) is 53.7 Å². The lowest BCUT2D eigenvalue weighted by Crippen LogP contribution is -2.27. The van der Waals surface area contributed by atoms with Crippen molar-refractivity contribution in [2.24, 2.45) is 0 Å². The molecule has 0 spiro atoms. The van der Waals surface area contributed by atoms with Crippen molar-refractivity contribution in [3.8, 4) is 0 Å². The molecule has 1 aromatic carbocycles. The number of aromatic nitrogens is 2. The number of hydrogen-bond acceptors (Lipinski definition) is 4. The van der Waals surface area contributed by atoms with Gasteiger partial charge < -0.3 is 10.6 Å². The predicted octanol–water partition coefficient (Wildman–Crippen LogP) is 2.80. The molecule has 1 heterocycles. The summed E-state index contributed by atoms with van der Waals surface area (Å²) in [4.78, 5) is 20.2.